The summed E-state index contributed by atoms with van der Waals surface area (Å²) in [6.07, 6.45) is 7.26. The number of carbonyl (C=O) groups excluding carboxylic acids is 1. The van der Waals surface area contributed by atoms with Crippen molar-refractivity contribution < 1.29 is 9.53 Å². The summed E-state index contributed by atoms with van der Waals surface area (Å²) < 4.78 is 5.83. The van der Waals surface area contributed by atoms with Gasteiger partial charge in [0.05, 0.1) is 0 Å². The van der Waals surface area contributed by atoms with Crippen molar-refractivity contribution in [3.63, 3.8) is 0 Å². The smallest absolute Gasteiger partial charge is 0.411 e. The quantitative estimate of drug-likeness (QED) is 0.743. The normalized spacial score (nSPS) is 18.3. The highest BCUT2D eigenvalue weighted by Gasteiger charge is 2.23. The van der Waals surface area contributed by atoms with Crippen LogP contribution in [-0.4, -0.2) is 61.3 Å². The highest BCUT2D eigenvalue weighted by molar-refractivity contribution is 5.85. The molecule has 0 aromatic heterocycles. The first kappa shape index (κ1) is 24.0. The predicted octanol–water partition coefficient (Wildman–Crippen LogP) is 4.42. The van der Waals surface area contributed by atoms with Gasteiger partial charge in [-0.1, -0.05) is 31.0 Å². The molecule has 0 aliphatic carbocycles. The number of piperidine rings is 2. The third-order valence-electron chi connectivity index (χ3n) is 5.11. The Bertz CT molecular complexity index is 501. The maximum Gasteiger partial charge on any atom is 0.411 e. The molecule has 2 saturated heterocycles. The van der Waals surface area contributed by atoms with E-state index in [1.165, 1.54) is 38.5 Å². The molecule has 2 aliphatic heterocycles. The van der Waals surface area contributed by atoms with Crippen LogP contribution >= 0.6 is 24.8 Å². The molecular weight excluding hydrogens is 385 g/mol. The average molecular weight is 418 g/mol. The van der Waals surface area contributed by atoms with Gasteiger partial charge in [0.2, 0.25) is 0 Å². The zero-order valence-electron chi connectivity index (χ0n) is 16.0. The summed E-state index contributed by atoms with van der Waals surface area (Å²) in [5.74, 6) is 0. The van der Waals surface area contributed by atoms with Crippen LogP contribution in [0.2, 0.25) is 0 Å². The standard InChI is InChI=1S/C20H31N3O2.2ClH/c24-20(21-18-10-4-1-5-11-18)25-19(16-22-12-6-2-7-13-22)17-23-14-8-3-9-15-23;;/h1,4-5,10-11,19H,2-3,6-9,12-17H2,(H,21,24);2*1H. The van der Waals surface area contributed by atoms with Crippen molar-refractivity contribution in [2.75, 3.05) is 44.6 Å². The van der Waals surface area contributed by atoms with Crippen molar-refractivity contribution in [2.45, 2.75) is 44.6 Å². The molecule has 7 heteroatoms. The van der Waals surface area contributed by atoms with Gasteiger partial charge in [-0.25, -0.2) is 4.79 Å². The predicted molar refractivity (Wildman–Crippen MR) is 115 cm³/mol. The van der Waals surface area contributed by atoms with E-state index in [0.717, 1.165) is 45.0 Å². The number of ether oxygens (including phenoxy) is 1. The molecule has 27 heavy (non-hydrogen) atoms. The lowest BCUT2D eigenvalue weighted by atomic mass is 10.1. The monoisotopic (exact) mass is 417 g/mol. The van der Waals surface area contributed by atoms with E-state index in [-0.39, 0.29) is 37.0 Å². The van der Waals surface area contributed by atoms with E-state index < -0.39 is 0 Å². The molecule has 0 unspecified atom stereocenters. The Kier molecular flexibility index (Phi) is 11.8. The molecule has 0 spiro atoms. The van der Waals surface area contributed by atoms with E-state index in [1.807, 2.05) is 30.3 Å². The lowest BCUT2D eigenvalue weighted by molar-refractivity contribution is 0.0438. The summed E-state index contributed by atoms with van der Waals surface area (Å²) >= 11 is 0. The second kappa shape index (κ2) is 13.2. The third kappa shape index (κ3) is 8.69. The highest BCUT2D eigenvalue weighted by Crippen LogP contribution is 2.14. The summed E-state index contributed by atoms with van der Waals surface area (Å²) in [6, 6.07) is 9.52. The number of nitrogens with one attached hydrogen (secondary N) is 1. The Morgan fingerprint density at radius 1 is 0.852 bits per heavy atom. The third-order valence-corrected chi connectivity index (χ3v) is 5.11. The molecule has 1 N–H and O–H groups in total. The first-order chi connectivity index (χ1) is 12.3. The molecule has 0 bridgehead atoms. The first-order valence-electron chi connectivity index (χ1n) is 9.77. The van der Waals surface area contributed by atoms with Gasteiger partial charge in [0.15, 0.2) is 0 Å². The van der Waals surface area contributed by atoms with Gasteiger partial charge < -0.3 is 4.74 Å². The summed E-state index contributed by atoms with van der Waals surface area (Å²) in [7, 11) is 0. The van der Waals surface area contributed by atoms with E-state index in [2.05, 4.69) is 15.1 Å². The average Bonchev–Trinajstić information content (AvgIpc) is 2.64. The molecule has 2 fully saturated rings. The molecule has 1 aromatic rings. The number of hydrogen-bond donors (Lipinski definition) is 1. The van der Waals surface area contributed by atoms with Crippen molar-refractivity contribution in [2.24, 2.45) is 0 Å². The SMILES string of the molecule is Cl.Cl.O=C(Nc1ccccc1)OC(CN1CCCCC1)CN1CCCCC1. The Balaban J connectivity index is 0.00000182. The molecule has 2 aliphatic rings. The fourth-order valence-corrected chi connectivity index (χ4v) is 3.81. The van der Waals surface area contributed by atoms with Crippen LogP contribution in [0, 0.1) is 0 Å². The zero-order chi connectivity index (χ0) is 17.3. The minimum Gasteiger partial charge on any atom is -0.443 e. The molecule has 2 heterocycles. The summed E-state index contributed by atoms with van der Waals surface area (Å²) in [5, 5.41) is 2.85. The first-order valence-corrected chi connectivity index (χ1v) is 9.77. The van der Waals surface area contributed by atoms with Crippen molar-refractivity contribution in [1.29, 1.82) is 0 Å². The number of hydrogen-bond acceptors (Lipinski definition) is 4. The maximum atomic E-state index is 12.3. The number of anilines is 1. The Hall–Kier alpha value is -1.01. The molecule has 1 aromatic carbocycles. The minimum absolute atomic E-state index is 0. The highest BCUT2D eigenvalue weighted by atomic mass is 35.5. The van der Waals surface area contributed by atoms with Crippen LogP contribution in [0.15, 0.2) is 30.3 Å². The summed E-state index contributed by atoms with van der Waals surface area (Å²) in [5.41, 5.74) is 0.780. The lowest BCUT2D eigenvalue weighted by Crippen LogP contribution is -2.45. The molecule has 0 saturated carbocycles. The van der Waals surface area contributed by atoms with Crippen molar-refractivity contribution in [1.82, 2.24) is 9.80 Å². The van der Waals surface area contributed by atoms with Crippen molar-refractivity contribution in [3.8, 4) is 0 Å². The van der Waals surface area contributed by atoms with E-state index in [1.54, 1.807) is 0 Å². The van der Waals surface area contributed by atoms with Crippen molar-refractivity contribution >= 4 is 36.6 Å². The van der Waals surface area contributed by atoms with E-state index >= 15 is 0 Å². The van der Waals surface area contributed by atoms with E-state index in [4.69, 9.17) is 4.74 Å². The van der Waals surface area contributed by atoms with Gasteiger partial charge >= 0.3 is 6.09 Å². The molecule has 3 rings (SSSR count). The van der Waals surface area contributed by atoms with Gasteiger partial charge in [-0.2, -0.15) is 0 Å². The van der Waals surface area contributed by atoms with Crippen LogP contribution in [0.3, 0.4) is 0 Å². The number of halogens is 2. The van der Waals surface area contributed by atoms with Gasteiger partial charge in [0, 0.05) is 18.8 Å². The number of likely N-dealkylation sites (tertiary alicyclic amines) is 2. The van der Waals surface area contributed by atoms with Crippen molar-refractivity contribution in [3.05, 3.63) is 30.3 Å². The number of amides is 1. The van der Waals surface area contributed by atoms with Gasteiger partial charge in [-0.05, 0) is 64.0 Å². The fourth-order valence-electron chi connectivity index (χ4n) is 3.81. The topological polar surface area (TPSA) is 44.8 Å². The largest absolute Gasteiger partial charge is 0.443 e. The number of benzene rings is 1. The van der Waals surface area contributed by atoms with E-state index in [9.17, 15) is 4.79 Å². The zero-order valence-corrected chi connectivity index (χ0v) is 17.6. The lowest BCUT2D eigenvalue weighted by Gasteiger charge is -2.34. The van der Waals surface area contributed by atoms with Crippen LogP contribution in [-0.2, 0) is 4.74 Å². The van der Waals surface area contributed by atoms with Crippen LogP contribution in [0.1, 0.15) is 38.5 Å². The Morgan fingerprint density at radius 2 is 1.33 bits per heavy atom. The molecular formula is C20H33Cl2N3O2. The molecule has 154 valence electrons. The Morgan fingerprint density at radius 3 is 1.81 bits per heavy atom. The number of carbonyl (C=O) groups is 1. The molecule has 0 atom stereocenters. The van der Waals surface area contributed by atoms with E-state index in [0.29, 0.717) is 0 Å². The van der Waals surface area contributed by atoms with Crippen LogP contribution < -0.4 is 5.32 Å². The fraction of sp³-hybridized carbons (Fsp3) is 0.650. The Labute approximate surface area is 175 Å². The van der Waals surface area contributed by atoms with Crippen LogP contribution in [0.25, 0.3) is 0 Å². The maximum absolute atomic E-state index is 12.3. The second-order valence-corrected chi connectivity index (χ2v) is 7.24. The minimum atomic E-state index is -0.342. The number of para-hydroxylation sites is 1. The van der Waals surface area contributed by atoms with Gasteiger partial charge in [-0.3, -0.25) is 15.1 Å². The van der Waals surface area contributed by atoms with Crippen LogP contribution in [0.5, 0.6) is 0 Å². The van der Waals surface area contributed by atoms with Gasteiger partial charge in [0.25, 0.3) is 0 Å². The summed E-state index contributed by atoms with van der Waals surface area (Å²) in [4.78, 5) is 17.2. The second-order valence-electron chi connectivity index (χ2n) is 7.24. The summed E-state index contributed by atoms with van der Waals surface area (Å²) in [6.45, 7) is 6.19. The number of nitrogens with zero attached hydrogens (tertiary/aromatic N) is 2. The molecule has 0 radical (unpaired) electrons. The van der Waals surface area contributed by atoms with Gasteiger partial charge in [0.1, 0.15) is 6.10 Å². The molecule has 1 amide bonds. The van der Waals surface area contributed by atoms with Crippen LogP contribution in [0.4, 0.5) is 10.5 Å². The van der Waals surface area contributed by atoms with Gasteiger partial charge in [-0.15, -0.1) is 24.8 Å². The molecule has 5 nitrogen and oxygen atoms in total. The number of rotatable bonds is 6.